The highest BCUT2D eigenvalue weighted by Crippen LogP contribution is 2.15. The van der Waals surface area contributed by atoms with Gasteiger partial charge >= 0.3 is 0 Å². The Labute approximate surface area is 85.1 Å². The fourth-order valence-electron chi connectivity index (χ4n) is 1.34. The Morgan fingerprint density at radius 2 is 1.93 bits per heavy atom. The minimum atomic E-state index is 0.192. The standard InChI is InChI=1S/C12H17NO/c1-3-12(14)11-6-4-10(5-7-11)9(2)8-13/h4-7,9H,3,8,13H2,1-2H3. The van der Waals surface area contributed by atoms with Gasteiger partial charge in [0.15, 0.2) is 5.78 Å². The van der Waals surface area contributed by atoms with E-state index in [0.717, 1.165) is 5.56 Å². The second-order valence-corrected chi connectivity index (χ2v) is 3.54. The number of hydrogen-bond acceptors (Lipinski definition) is 2. The number of rotatable bonds is 4. The van der Waals surface area contributed by atoms with E-state index in [1.54, 1.807) is 0 Å². The van der Waals surface area contributed by atoms with Crippen LogP contribution in [0.1, 0.15) is 42.1 Å². The molecule has 0 radical (unpaired) electrons. The number of carbonyl (C=O) groups excluding carboxylic acids is 1. The van der Waals surface area contributed by atoms with Crippen LogP contribution in [-0.4, -0.2) is 12.3 Å². The van der Waals surface area contributed by atoms with Crippen LogP contribution in [-0.2, 0) is 0 Å². The highest BCUT2D eigenvalue weighted by atomic mass is 16.1. The molecule has 0 saturated heterocycles. The largest absolute Gasteiger partial charge is 0.330 e. The first kappa shape index (κ1) is 10.9. The first-order valence-corrected chi connectivity index (χ1v) is 5.02. The van der Waals surface area contributed by atoms with Crippen molar-refractivity contribution in [2.75, 3.05) is 6.54 Å². The van der Waals surface area contributed by atoms with E-state index in [1.807, 2.05) is 31.2 Å². The summed E-state index contributed by atoms with van der Waals surface area (Å²) in [6.45, 7) is 4.59. The van der Waals surface area contributed by atoms with Gasteiger partial charge in [0.2, 0.25) is 0 Å². The first-order chi connectivity index (χ1) is 6.69. The molecule has 0 spiro atoms. The SMILES string of the molecule is CCC(=O)c1ccc(C(C)CN)cc1. The average Bonchev–Trinajstić information content (AvgIpc) is 2.27. The normalized spacial score (nSPS) is 12.5. The molecule has 0 aliphatic heterocycles. The molecular formula is C12H17NO. The molecule has 76 valence electrons. The van der Waals surface area contributed by atoms with Gasteiger partial charge in [-0.05, 0) is 18.0 Å². The summed E-state index contributed by atoms with van der Waals surface area (Å²) in [4.78, 5) is 11.3. The zero-order chi connectivity index (χ0) is 10.6. The predicted molar refractivity (Wildman–Crippen MR) is 58.5 cm³/mol. The van der Waals surface area contributed by atoms with E-state index in [9.17, 15) is 4.79 Å². The van der Waals surface area contributed by atoms with Crippen LogP contribution in [0.4, 0.5) is 0 Å². The number of hydrogen-bond donors (Lipinski definition) is 1. The van der Waals surface area contributed by atoms with E-state index < -0.39 is 0 Å². The Kier molecular flexibility index (Phi) is 3.84. The Hall–Kier alpha value is -1.15. The Morgan fingerprint density at radius 3 is 2.36 bits per heavy atom. The van der Waals surface area contributed by atoms with Crippen LogP contribution in [0.2, 0.25) is 0 Å². The van der Waals surface area contributed by atoms with Gasteiger partial charge in [0, 0.05) is 12.0 Å². The summed E-state index contributed by atoms with van der Waals surface area (Å²) in [5.74, 6) is 0.553. The van der Waals surface area contributed by atoms with E-state index in [0.29, 0.717) is 18.9 Å². The predicted octanol–water partition coefficient (Wildman–Crippen LogP) is 2.34. The lowest BCUT2D eigenvalue weighted by atomic mass is 9.98. The highest BCUT2D eigenvalue weighted by molar-refractivity contribution is 5.95. The van der Waals surface area contributed by atoms with Crippen LogP contribution in [0.15, 0.2) is 24.3 Å². The van der Waals surface area contributed by atoms with Crippen LogP contribution in [0.5, 0.6) is 0 Å². The second-order valence-electron chi connectivity index (χ2n) is 3.54. The van der Waals surface area contributed by atoms with Gasteiger partial charge < -0.3 is 5.73 Å². The van der Waals surface area contributed by atoms with Crippen molar-refractivity contribution in [3.8, 4) is 0 Å². The van der Waals surface area contributed by atoms with Gasteiger partial charge in [-0.3, -0.25) is 4.79 Å². The molecule has 1 atom stereocenters. The van der Waals surface area contributed by atoms with Crippen molar-refractivity contribution in [3.05, 3.63) is 35.4 Å². The summed E-state index contributed by atoms with van der Waals surface area (Å²) >= 11 is 0. The van der Waals surface area contributed by atoms with Crippen LogP contribution in [0.25, 0.3) is 0 Å². The third kappa shape index (κ3) is 2.42. The fraction of sp³-hybridized carbons (Fsp3) is 0.417. The summed E-state index contributed by atoms with van der Waals surface area (Å²) in [6, 6.07) is 7.74. The monoisotopic (exact) mass is 191 g/mol. The van der Waals surface area contributed by atoms with Crippen LogP contribution in [0, 0.1) is 0 Å². The molecule has 1 unspecified atom stereocenters. The fourth-order valence-corrected chi connectivity index (χ4v) is 1.34. The molecule has 0 amide bonds. The van der Waals surface area contributed by atoms with Gasteiger partial charge in [0.1, 0.15) is 0 Å². The number of Topliss-reactive ketones (excluding diaryl/α,β-unsaturated/α-hetero) is 1. The molecule has 0 heterocycles. The third-order valence-electron chi connectivity index (χ3n) is 2.48. The van der Waals surface area contributed by atoms with Crippen LogP contribution < -0.4 is 5.73 Å². The molecule has 1 aromatic rings. The van der Waals surface area contributed by atoms with Crippen molar-refractivity contribution >= 4 is 5.78 Å². The number of nitrogens with two attached hydrogens (primary N) is 1. The lowest BCUT2D eigenvalue weighted by Crippen LogP contribution is -2.09. The number of carbonyl (C=O) groups is 1. The molecule has 0 aliphatic rings. The number of ketones is 1. The van der Waals surface area contributed by atoms with E-state index in [-0.39, 0.29) is 5.78 Å². The lowest BCUT2D eigenvalue weighted by Gasteiger charge is -2.08. The van der Waals surface area contributed by atoms with Gasteiger partial charge in [-0.1, -0.05) is 38.1 Å². The van der Waals surface area contributed by atoms with Gasteiger partial charge in [-0.25, -0.2) is 0 Å². The molecule has 14 heavy (non-hydrogen) atoms. The molecule has 0 bridgehead atoms. The Bertz CT molecular complexity index is 303. The quantitative estimate of drug-likeness (QED) is 0.742. The zero-order valence-electron chi connectivity index (χ0n) is 8.79. The van der Waals surface area contributed by atoms with E-state index in [2.05, 4.69) is 6.92 Å². The first-order valence-electron chi connectivity index (χ1n) is 5.02. The molecule has 2 N–H and O–H groups in total. The zero-order valence-corrected chi connectivity index (χ0v) is 8.79. The molecule has 2 heteroatoms. The maximum atomic E-state index is 11.3. The average molecular weight is 191 g/mol. The van der Waals surface area contributed by atoms with E-state index in [4.69, 9.17) is 5.73 Å². The molecule has 1 aromatic carbocycles. The minimum absolute atomic E-state index is 0.192. The Morgan fingerprint density at radius 1 is 1.36 bits per heavy atom. The van der Waals surface area contributed by atoms with Crippen molar-refractivity contribution in [1.29, 1.82) is 0 Å². The lowest BCUT2D eigenvalue weighted by molar-refractivity contribution is 0.0988. The van der Waals surface area contributed by atoms with Crippen LogP contribution >= 0.6 is 0 Å². The maximum absolute atomic E-state index is 11.3. The van der Waals surface area contributed by atoms with Gasteiger partial charge in [0.25, 0.3) is 0 Å². The molecule has 1 rings (SSSR count). The molecule has 0 aliphatic carbocycles. The minimum Gasteiger partial charge on any atom is -0.330 e. The summed E-state index contributed by atoms with van der Waals surface area (Å²) in [5, 5.41) is 0. The summed E-state index contributed by atoms with van der Waals surface area (Å²) in [6.07, 6.45) is 0.561. The van der Waals surface area contributed by atoms with Crippen molar-refractivity contribution in [2.45, 2.75) is 26.2 Å². The third-order valence-corrected chi connectivity index (χ3v) is 2.48. The molecule has 0 aromatic heterocycles. The summed E-state index contributed by atoms with van der Waals surface area (Å²) in [5.41, 5.74) is 7.55. The summed E-state index contributed by atoms with van der Waals surface area (Å²) in [7, 11) is 0. The van der Waals surface area contributed by atoms with Crippen molar-refractivity contribution in [3.63, 3.8) is 0 Å². The van der Waals surface area contributed by atoms with Crippen molar-refractivity contribution in [1.82, 2.24) is 0 Å². The summed E-state index contributed by atoms with van der Waals surface area (Å²) < 4.78 is 0. The van der Waals surface area contributed by atoms with Crippen molar-refractivity contribution < 1.29 is 4.79 Å². The smallest absolute Gasteiger partial charge is 0.162 e. The van der Waals surface area contributed by atoms with Crippen molar-refractivity contribution in [2.24, 2.45) is 5.73 Å². The highest BCUT2D eigenvalue weighted by Gasteiger charge is 2.05. The van der Waals surface area contributed by atoms with Gasteiger partial charge in [-0.15, -0.1) is 0 Å². The topological polar surface area (TPSA) is 43.1 Å². The second kappa shape index (κ2) is 4.91. The van der Waals surface area contributed by atoms with E-state index in [1.165, 1.54) is 5.56 Å². The molecular weight excluding hydrogens is 174 g/mol. The van der Waals surface area contributed by atoms with Crippen LogP contribution in [0.3, 0.4) is 0 Å². The van der Waals surface area contributed by atoms with Gasteiger partial charge in [-0.2, -0.15) is 0 Å². The Balaban J connectivity index is 2.83. The van der Waals surface area contributed by atoms with E-state index >= 15 is 0 Å². The molecule has 0 fully saturated rings. The number of benzene rings is 1. The molecule has 0 saturated carbocycles. The van der Waals surface area contributed by atoms with Gasteiger partial charge in [0.05, 0.1) is 0 Å². The maximum Gasteiger partial charge on any atom is 0.162 e. The molecule has 2 nitrogen and oxygen atoms in total.